The number of halogens is 2. The highest BCUT2D eigenvalue weighted by Crippen LogP contribution is 2.17. The minimum absolute atomic E-state index is 0. The van der Waals surface area contributed by atoms with Crippen molar-refractivity contribution in [1.29, 1.82) is 0 Å². The van der Waals surface area contributed by atoms with Gasteiger partial charge in [0.2, 0.25) is 5.91 Å². The molecule has 1 aliphatic heterocycles. The first-order chi connectivity index (χ1) is 8.75. The first kappa shape index (κ1) is 16.3. The standard InChI is InChI=1S/C13H17BrN2O2.ClH/c14-11-2-1-3-12(10-11)18-9-4-13(17)16-7-5-15-6-8-16;/h1-3,10,15H,4-9H2;1H. The van der Waals surface area contributed by atoms with Crippen LogP contribution in [0.1, 0.15) is 6.42 Å². The lowest BCUT2D eigenvalue weighted by molar-refractivity contribution is -0.132. The van der Waals surface area contributed by atoms with E-state index in [1.165, 1.54) is 0 Å². The Labute approximate surface area is 128 Å². The predicted molar refractivity (Wildman–Crippen MR) is 81.0 cm³/mol. The lowest BCUT2D eigenvalue weighted by Gasteiger charge is -2.27. The SMILES string of the molecule is Cl.O=C(CCOc1cccc(Br)c1)N1CCNCC1. The number of carbonyl (C=O) groups is 1. The number of rotatable bonds is 4. The molecule has 106 valence electrons. The van der Waals surface area contributed by atoms with E-state index < -0.39 is 0 Å². The minimum atomic E-state index is 0. The molecule has 0 aromatic heterocycles. The summed E-state index contributed by atoms with van der Waals surface area (Å²) in [6.45, 7) is 3.81. The van der Waals surface area contributed by atoms with Crippen molar-refractivity contribution in [2.45, 2.75) is 6.42 Å². The number of hydrogen-bond acceptors (Lipinski definition) is 3. The third-order valence-corrected chi connectivity index (χ3v) is 3.34. The van der Waals surface area contributed by atoms with E-state index in [4.69, 9.17) is 4.74 Å². The van der Waals surface area contributed by atoms with Crippen LogP contribution < -0.4 is 10.1 Å². The minimum Gasteiger partial charge on any atom is -0.493 e. The smallest absolute Gasteiger partial charge is 0.226 e. The molecule has 0 unspecified atom stereocenters. The fourth-order valence-corrected chi connectivity index (χ4v) is 2.26. The Kier molecular flexibility index (Phi) is 7.20. The molecule has 1 fully saturated rings. The maximum atomic E-state index is 11.9. The molecule has 0 bridgehead atoms. The van der Waals surface area contributed by atoms with Gasteiger partial charge in [0, 0.05) is 30.7 Å². The van der Waals surface area contributed by atoms with Crippen LogP contribution in [0.4, 0.5) is 0 Å². The van der Waals surface area contributed by atoms with Crippen molar-refractivity contribution in [1.82, 2.24) is 10.2 Å². The summed E-state index contributed by atoms with van der Waals surface area (Å²) in [7, 11) is 0. The average molecular weight is 350 g/mol. The molecule has 1 aliphatic rings. The van der Waals surface area contributed by atoms with Crippen LogP contribution in [0.3, 0.4) is 0 Å². The molecule has 0 saturated carbocycles. The van der Waals surface area contributed by atoms with Gasteiger partial charge in [-0.2, -0.15) is 0 Å². The third kappa shape index (κ3) is 5.38. The highest BCUT2D eigenvalue weighted by Gasteiger charge is 2.15. The lowest BCUT2D eigenvalue weighted by Crippen LogP contribution is -2.46. The number of hydrogen-bond donors (Lipinski definition) is 1. The summed E-state index contributed by atoms with van der Waals surface area (Å²) >= 11 is 3.38. The molecule has 0 spiro atoms. The zero-order valence-corrected chi connectivity index (χ0v) is 13.0. The summed E-state index contributed by atoms with van der Waals surface area (Å²) < 4.78 is 6.54. The number of ether oxygens (including phenoxy) is 1. The molecule has 1 aromatic carbocycles. The van der Waals surface area contributed by atoms with Crippen LogP contribution in [-0.2, 0) is 4.79 Å². The number of carbonyl (C=O) groups excluding carboxylic acids is 1. The van der Waals surface area contributed by atoms with Gasteiger partial charge in [-0.1, -0.05) is 22.0 Å². The highest BCUT2D eigenvalue weighted by atomic mass is 79.9. The lowest BCUT2D eigenvalue weighted by atomic mass is 10.3. The van der Waals surface area contributed by atoms with Crippen LogP contribution in [-0.4, -0.2) is 43.6 Å². The van der Waals surface area contributed by atoms with Crippen molar-refractivity contribution in [3.8, 4) is 5.75 Å². The summed E-state index contributed by atoms with van der Waals surface area (Å²) in [6.07, 6.45) is 0.437. The van der Waals surface area contributed by atoms with Crippen molar-refractivity contribution >= 4 is 34.2 Å². The molecule has 6 heteroatoms. The Bertz CT molecular complexity index is 411. The molecule has 19 heavy (non-hydrogen) atoms. The molecule has 0 atom stereocenters. The van der Waals surface area contributed by atoms with Crippen LogP contribution in [0.25, 0.3) is 0 Å². The quantitative estimate of drug-likeness (QED) is 0.905. The number of benzene rings is 1. The maximum Gasteiger partial charge on any atom is 0.226 e. The largest absolute Gasteiger partial charge is 0.493 e. The summed E-state index contributed by atoms with van der Waals surface area (Å²) in [4.78, 5) is 13.8. The molecule has 0 aliphatic carbocycles. The molecule has 0 radical (unpaired) electrons. The second-order valence-corrected chi connectivity index (χ2v) is 5.10. The zero-order chi connectivity index (χ0) is 12.8. The van der Waals surface area contributed by atoms with Crippen molar-refractivity contribution < 1.29 is 9.53 Å². The van der Waals surface area contributed by atoms with Crippen molar-refractivity contribution in [3.05, 3.63) is 28.7 Å². The van der Waals surface area contributed by atoms with Gasteiger partial charge in [0.05, 0.1) is 13.0 Å². The molecule has 1 heterocycles. The summed E-state index contributed by atoms with van der Waals surface area (Å²) in [5.41, 5.74) is 0. The van der Waals surface area contributed by atoms with Gasteiger partial charge < -0.3 is 15.0 Å². The van der Waals surface area contributed by atoms with E-state index in [0.29, 0.717) is 13.0 Å². The Morgan fingerprint density at radius 1 is 1.37 bits per heavy atom. The number of nitrogens with zero attached hydrogens (tertiary/aromatic N) is 1. The molecule has 1 aromatic rings. The van der Waals surface area contributed by atoms with Gasteiger partial charge >= 0.3 is 0 Å². The van der Waals surface area contributed by atoms with Crippen LogP contribution in [0, 0.1) is 0 Å². The Morgan fingerprint density at radius 2 is 2.11 bits per heavy atom. The topological polar surface area (TPSA) is 41.6 Å². The monoisotopic (exact) mass is 348 g/mol. The Balaban J connectivity index is 0.00000180. The molecular formula is C13H18BrClN2O2. The van der Waals surface area contributed by atoms with Gasteiger partial charge in [-0.3, -0.25) is 4.79 Å². The van der Waals surface area contributed by atoms with Gasteiger partial charge in [-0.15, -0.1) is 12.4 Å². The Morgan fingerprint density at radius 3 is 2.79 bits per heavy atom. The van der Waals surface area contributed by atoms with E-state index in [1.54, 1.807) is 0 Å². The first-order valence-corrected chi connectivity index (χ1v) is 6.92. The van der Waals surface area contributed by atoms with Crippen molar-refractivity contribution in [2.75, 3.05) is 32.8 Å². The third-order valence-electron chi connectivity index (χ3n) is 2.85. The molecule has 1 N–H and O–H groups in total. The molecule has 2 rings (SSSR count). The van der Waals surface area contributed by atoms with E-state index in [2.05, 4.69) is 21.2 Å². The maximum absolute atomic E-state index is 11.9. The van der Waals surface area contributed by atoms with Crippen molar-refractivity contribution in [2.24, 2.45) is 0 Å². The van der Waals surface area contributed by atoms with Crippen LogP contribution in [0.2, 0.25) is 0 Å². The molecule has 1 saturated heterocycles. The van der Waals surface area contributed by atoms with Gasteiger partial charge in [-0.25, -0.2) is 0 Å². The van der Waals surface area contributed by atoms with E-state index in [9.17, 15) is 4.79 Å². The van der Waals surface area contributed by atoms with E-state index in [0.717, 1.165) is 36.4 Å². The van der Waals surface area contributed by atoms with Crippen LogP contribution >= 0.6 is 28.3 Å². The van der Waals surface area contributed by atoms with E-state index in [-0.39, 0.29) is 18.3 Å². The number of piperazine rings is 1. The van der Waals surface area contributed by atoms with Gasteiger partial charge in [0.15, 0.2) is 0 Å². The number of nitrogens with one attached hydrogen (secondary N) is 1. The van der Waals surface area contributed by atoms with E-state index >= 15 is 0 Å². The predicted octanol–water partition coefficient (Wildman–Crippen LogP) is 2.07. The zero-order valence-electron chi connectivity index (χ0n) is 10.6. The summed E-state index contributed by atoms with van der Waals surface area (Å²) in [6, 6.07) is 7.64. The molecule has 4 nitrogen and oxygen atoms in total. The summed E-state index contributed by atoms with van der Waals surface area (Å²) in [5.74, 6) is 0.962. The second kappa shape index (κ2) is 8.40. The summed E-state index contributed by atoms with van der Waals surface area (Å²) in [5, 5.41) is 3.23. The van der Waals surface area contributed by atoms with Crippen LogP contribution in [0.15, 0.2) is 28.7 Å². The first-order valence-electron chi connectivity index (χ1n) is 6.12. The van der Waals surface area contributed by atoms with E-state index in [1.807, 2.05) is 29.2 Å². The highest BCUT2D eigenvalue weighted by molar-refractivity contribution is 9.10. The average Bonchev–Trinajstić information content (AvgIpc) is 2.40. The van der Waals surface area contributed by atoms with Crippen molar-refractivity contribution in [3.63, 3.8) is 0 Å². The fraction of sp³-hybridized carbons (Fsp3) is 0.462. The fourth-order valence-electron chi connectivity index (χ4n) is 1.89. The molecular weight excluding hydrogens is 332 g/mol. The second-order valence-electron chi connectivity index (χ2n) is 4.19. The van der Waals surface area contributed by atoms with Crippen LogP contribution in [0.5, 0.6) is 5.75 Å². The van der Waals surface area contributed by atoms with Gasteiger partial charge in [0.25, 0.3) is 0 Å². The molecule has 1 amide bonds. The van der Waals surface area contributed by atoms with Gasteiger partial charge in [0.1, 0.15) is 5.75 Å². The Hall–Kier alpha value is -0.780. The number of amides is 1. The van der Waals surface area contributed by atoms with Gasteiger partial charge in [-0.05, 0) is 18.2 Å². The normalized spacial score (nSPS) is 14.7.